The summed E-state index contributed by atoms with van der Waals surface area (Å²) < 4.78 is 35.6. The zero-order valence-electron chi connectivity index (χ0n) is 18.8. The monoisotopic (exact) mass is 458 g/mol. The van der Waals surface area contributed by atoms with E-state index in [9.17, 15) is 14.2 Å². The average molecular weight is 458 g/mol. The number of Topliss-reactive ketones (excluding diaryl/α,β-unsaturated/α-hetero) is 2. The van der Waals surface area contributed by atoms with Crippen molar-refractivity contribution in [3.05, 3.63) is 0 Å². The molecular formula is C21H35N2O7P. The molecule has 6 aliphatic heterocycles. The van der Waals surface area contributed by atoms with Crippen LogP contribution in [0.3, 0.4) is 0 Å². The van der Waals surface area contributed by atoms with Crippen LogP contribution in [0.1, 0.15) is 25.7 Å². The summed E-state index contributed by atoms with van der Waals surface area (Å²) in [5.41, 5.74) is -1.84. The van der Waals surface area contributed by atoms with E-state index in [1.54, 1.807) is 14.2 Å². The lowest BCUT2D eigenvalue weighted by atomic mass is 9.74. The fourth-order valence-corrected chi connectivity index (χ4v) is 6.88. The molecule has 0 radical (unpaired) electrons. The second-order valence-electron chi connectivity index (χ2n) is 9.50. The molecule has 0 spiro atoms. The van der Waals surface area contributed by atoms with Crippen molar-refractivity contribution in [1.29, 1.82) is 0 Å². The lowest BCUT2D eigenvalue weighted by Gasteiger charge is -2.53. The van der Waals surface area contributed by atoms with E-state index in [-0.39, 0.29) is 49.8 Å². The van der Waals surface area contributed by atoms with Gasteiger partial charge < -0.3 is 18.5 Å². The van der Waals surface area contributed by atoms with Crippen LogP contribution in [0.5, 0.6) is 0 Å². The second-order valence-corrected chi connectivity index (χ2v) is 11.6. The van der Waals surface area contributed by atoms with E-state index in [0.717, 1.165) is 51.9 Å². The van der Waals surface area contributed by atoms with Crippen LogP contribution >= 0.6 is 7.60 Å². The van der Waals surface area contributed by atoms with Crippen LogP contribution in [-0.2, 0) is 32.7 Å². The molecule has 176 valence electrons. The lowest BCUT2D eigenvalue weighted by molar-refractivity contribution is -0.158. The van der Waals surface area contributed by atoms with Gasteiger partial charge in [0.1, 0.15) is 11.1 Å². The first-order valence-electron chi connectivity index (χ1n) is 11.2. The maximum absolute atomic E-state index is 13.2. The summed E-state index contributed by atoms with van der Waals surface area (Å²) in [6, 6.07) is 0. The normalized spacial score (nSPS) is 41.5. The number of piperidine rings is 6. The maximum Gasteiger partial charge on any atom is 0.327 e. The molecule has 0 unspecified atom stereocenters. The molecule has 10 heteroatoms. The van der Waals surface area contributed by atoms with Gasteiger partial charge in [-0.15, -0.1) is 0 Å². The van der Waals surface area contributed by atoms with Crippen LogP contribution in [0.4, 0.5) is 0 Å². The van der Waals surface area contributed by atoms with Gasteiger partial charge in [-0.3, -0.25) is 24.0 Å². The van der Waals surface area contributed by atoms with Crippen molar-refractivity contribution in [3.63, 3.8) is 0 Å². The Morgan fingerprint density at radius 3 is 1.42 bits per heavy atom. The van der Waals surface area contributed by atoms with Gasteiger partial charge in [-0.1, -0.05) is 0 Å². The van der Waals surface area contributed by atoms with Crippen molar-refractivity contribution in [2.75, 3.05) is 73.5 Å². The van der Waals surface area contributed by atoms with Crippen molar-refractivity contribution < 1.29 is 32.7 Å². The molecular weight excluding hydrogens is 423 g/mol. The predicted octanol–water partition coefficient (Wildman–Crippen LogP) is 1.20. The third-order valence-corrected chi connectivity index (χ3v) is 8.90. The summed E-state index contributed by atoms with van der Waals surface area (Å²) in [5.74, 6) is 0.227. The third kappa shape index (κ3) is 4.07. The van der Waals surface area contributed by atoms with Gasteiger partial charge in [-0.05, 0) is 51.9 Å². The SMILES string of the molecule is COC[C@@]1(COP(C)(=O)OC[C@]2(COC)C(=O)C3CCN2CC3)C(=O)C2CCN1CC2. The number of fused-ring (bicyclic) bond motifs is 6. The standard InChI is InChI=1S/C21H35N2O7P/c1-27-12-20(18(24)16-4-8-22(20)9-5-16)14-29-31(3,26)30-15-21(13-28-2)19(25)17-6-10-23(21)11-7-17/h16-17H,4-15H2,1-3H3/t20-,21-/m1/s1. The number of ketones is 2. The Balaban J connectivity index is 1.44. The minimum atomic E-state index is -3.52. The number of hydrogen-bond donors (Lipinski definition) is 0. The van der Waals surface area contributed by atoms with Gasteiger partial charge in [0.2, 0.25) is 0 Å². The summed E-state index contributed by atoms with van der Waals surface area (Å²) >= 11 is 0. The Hall–Kier alpha value is -0.670. The average Bonchev–Trinajstić information content (AvgIpc) is 2.78. The van der Waals surface area contributed by atoms with Gasteiger partial charge in [-0.2, -0.15) is 0 Å². The minimum Gasteiger partial charge on any atom is -0.382 e. The Bertz CT molecular complexity index is 690. The summed E-state index contributed by atoms with van der Waals surface area (Å²) in [6.07, 6.45) is 3.40. The molecule has 0 aromatic heterocycles. The number of ether oxygens (including phenoxy) is 2. The van der Waals surface area contributed by atoms with Crippen molar-refractivity contribution in [3.8, 4) is 0 Å². The van der Waals surface area contributed by atoms with E-state index in [0.29, 0.717) is 0 Å². The fourth-order valence-electron chi connectivity index (χ4n) is 5.91. The first-order valence-corrected chi connectivity index (χ1v) is 13.2. The molecule has 6 heterocycles. The first kappa shape index (κ1) is 23.5. The van der Waals surface area contributed by atoms with E-state index in [1.807, 2.05) is 0 Å². The van der Waals surface area contributed by atoms with Gasteiger partial charge in [0.15, 0.2) is 11.6 Å². The molecule has 0 saturated carbocycles. The molecule has 6 saturated heterocycles. The molecule has 0 aromatic carbocycles. The molecule has 0 amide bonds. The van der Waals surface area contributed by atoms with Crippen LogP contribution < -0.4 is 0 Å². The van der Waals surface area contributed by atoms with Crippen LogP contribution in [0.2, 0.25) is 0 Å². The summed E-state index contributed by atoms with van der Waals surface area (Å²) in [7, 11) is -0.399. The molecule has 0 aliphatic carbocycles. The number of carbonyl (C=O) groups is 2. The smallest absolute Gasteiger partial charge is 0.327 e. The van der Waals surface area contributed by atoms with Crippen LogP contribution in [0, 0.1) is 11.8 Å². The van der Waals surface area contributed by atoms with E-state index < -0.39 is 18.7 Å². The van der Waals surface area contributed by atoms with Crippen molar-refractivity contribution in [2.45, 2.75) is 36.8 Å². The molecule has 6 aliphatic rings. The summed E-state index contributed by atoms with van der Waals surface area (Å²) in [6.45, 7) is 4.95. The highest BCUT2D eigenvalue weighted by atomic mass is 31.2. The molecule has 9 nitrogen and oxygen atoms in total. The summed E-state index contributed by atoms with van der Waals surface area (Å²) in [4.78, 5) is 30.4. The number of rotatable bonds is 10. The largest absolute Gasteiger partial charge is 0.382 e. The Kier molecular flexibility index (Phi) is 6.77. The van der Waals surface area contributed by atoms with E-state index in [4.69, 9.17) is 18.5 Å². The van der Waals surface area contributed by atoms with Crippen LogP contribution in [-0.4, -0.2) is 106 Å². The molecule has 2 atom stereocenters. The number of nitrogens with zero attached hydrogens (tertiary/aromatic N) is 2. The molecule has 4 bridgehead atoms. The highest BCUT2D eigenvalue weighted by Crippen LogP contribution is 2.49. The maximum atomic E-state index is 13.2. The predicted molar refractivity (Wildman–Crippen MR) is 113 cm³/mol. The quantitative estimate of drug-likeness (QED) is 0.448. The van der Waals surface area contributed by atoms with E-state index in [1.165, 1.54) is 6.66 Å². The van der Waals surface area contributed by atoms with Gasteiger partial charge in [0.25, 0.3) is 0 Å². The molecule has 6 fully saturated rings. The molecule has 6 rings (SSSR count). The highest BCUT2D eigenvalue weighted by Gasteiger charge is 2.56. The van der Waals surface area contributed by atoms with Crippen molar-refractivity contribution in [1.82, 2.24) is 9.80 Å². The molecule has 0 N–H and O–H groups in total. The number of hydrogen-bond acceptors (Lipinski definition) is 9. The number of methoxy groups -OCH3 is 2. The topological polar surface area (TPSA) is 94.6 Å². The second kappa shape index (κ2) is 8.93. The van der Waals surface area contributed by atoms with Crippen LogP contribution in [0.25, 0.3) is 0 Å². The van der Waals surface area contributed by atoms with E-state index in [2.05, 4.69) is 9.80 Å². The van der Waals surface area contributed by atoms with Gasteiger partial charge in [0.05, 0.1) is 26.4 Å². The van der Waals surface area contributed by atoms with Crippen LogP contribution in [0.15, 0.2) is 0 Å². The fraction of sp³-hybridized carbons (Fsp3) is 0.905. The Labute approximate surface area is 184 Å². The third-order valence-electron chi connectivity index (χ3n) is 7.70. The first-order chi connectivity index (χ1) is 14.8. The minimum absolute atomic E-state index is 0.00842. The highest BCUT2D eigenvalue weighted by molar-refractivity contribution is 7.52. The van der Waals surface area contributed by atoms with Crippen molar-refractivity contribution >= 4 is 19.2 Å². The van der Waals surface area contributed by atoms with E-state index >= 15 is 0 Å². The zero-order chi connectivity index (χ0) is 22.3. The Morgan fingerprint density at radius 1 is 0.774 bits per heavy atom. The zero-order valence-corrected chi connectivity index (χ0v) is 19.7. The lowest BCUT2D eigenvalue weighted by Crippen LogP contribution is -2.69. The van der Waals surface area contributed by atoms with Crippen molar-refractivity contribution in [2.24, 2.45) is 11.8 Å². The number of carbonyl (C=O) groups excluding carboxylic acids is 2. The molecule has 0 aromatic rings. The van der Waals surface area contributed by atoms with Gasteiger partial charge in [-0.25, -0.2) is 0 Å². The molecule has 31 heavy (non-hydrogen) atoms. The van der Waals surface area contributed by atoms with Gasteiger partial charge in [0, 0.05) is 32.7 Å². The van der Waals surface area contributed by atoms with Gasteiger partial charge >= 0.3 is 7.60 Å². The Morgan fingerprint density at radius 2 is 1.13 bits per heavy atom. The summed E-state index contributed by atoms with van der Waals surface area (Å²) in [5, 5.41) is 0.